The Hall–Kier alpha value is -1.27. The van der Waals surface area contributed by atoms with Gasteiger partial charge in [0.2, 0.25) is 5.91 Å². The predicted molar refractivity (Wildman–Crippen MR) is 79.9 cm³/mol. The molecule has 1 aromatic rings. The topological polar surface area (TPSA) is 72.5 Å². The summed E-state index contributed by atoms with van der Waals surface area (Å²) in [4.78, 5) is 12.2. The number of carbonyl (C=O) groups is 1. The van der Waals surface area contributed by atoms with Gasteiger partial charge in [0.15, 0.2) is 0 Å². The molecule has 1 atom stereocenters. The van der Waals surface area contributed by atoms with Crippen molar-refractivity contribution in [1.82, 2.24) is 5.32 Å². The number of carbonyl (C=O) groups excluding carboxylic acids is 1. The van der Waals surface area contributed by atoms with Gasteiger partial charge in [0.25, 0.3) is 9.05 Å². The smallest absolute Gasteiger partial charge is 0.261 e. The number of fused-ring (bicyclic) bond motifs is 1. The second-order valence-corrected chi connectivity index (χ2v) is 7.59. The minimum absolute atomic E-state index is 0.00944. The number of nitrogens with one attached hydrogen (secondary N) is 1. The molecule has 0 aliphatic carbocycles. The standard InChI is InChI=1S/C14H18ClNO4S/c1-3-9(4-2)14(17)16-12-8-20-13-6-5-10(7-11(12)13)21(15,18)19/h5-7,9,12H,3-4,8H2,1-2H3,(H,16,17). The lowest BCUT2D eigenvalue weighted by molar-refractivity contribution is -0.126. The number of halogens is 1. The van der Waals surface area contributed by atoms with E-state index in [-0.39, 0.29) is 22.8 Å². The van der Waals surface area contributed by atoms with Crippen molar-refractivity contribution in [3.8, 4) is 5.75 Å². The van der Waals surface area contributed by atoms with E-state index in [1.807, 2.05) is 13.8 Å². The normalized spacial score (nSPS) is 17.4. The third-order valence-corrected chi connectivity index (χ3v) is 5.07. The van der Waals surface area contributed by atoms with E-state index in [4.69, 9.17) is 15.4 Å². The minimum Gasteiger partial charge on any atom is -0.491 e. The van der Waals surface area contributed by atoms with Gasteiger partial charge in [0.05, 0.1) is 10.9 Å². The van der Waals surface area contributed by atoms with Gasteiger partial charge < -0.3 is 10.1 Å². The number of benzene rings is 1. The van der Waals surface area contributed by atoms with Gasteiger partial charge in [-0.1, -0.05) is 13.8 Å². The zero-order valence-electron chi connectivity index (χ0n) is 11.9. The maximum absolute atomic E-state index is 12.1. The maximum Gasteiger partial charge on any atom is 0.261 e. The molecule has 2 rings (SSSR count). The Bertz CT molecular complexity index is 640. The lowest BCUT2D eigenvalue weighted by atomic mass is 10.0. The second-order valence-electron chi connectivity index (χ2n) is 5.02. The van der Waals surface area contributed by atoms with Crippen LogP contribution in [-0.2, 0) is 13.8 Å². The Kier molecular flexibility index (Phi) is 4.78. The Labute approximate surface area is 129 Å². The van der Waals surface area contributed by atoms with E-state index >= 15 is 0 Å². The van der Waals surface area contributed by atoms with Crippen molar-refractivity contribution in [2.45, 2.75) is 37.6 Å². The SMILES string of the molecule is CCC(CC)C(=O)NC1COc2ccc(S(=O)(=O)Cl)cc21. The first-order valence-electron chi connectivity index (χ1n) is 6.88. The summed E-state index contributed by atoms with van der Waals surface area (Å²) in [6, 6.07) is 4.08. The van der Waals surface area contributed by atoms with E-state index in [9.17, 15) is 13.2 Å². The third-order valence-electron chi connectivity index (χ3n) is 3.72. The van der Waals surface area contributed by atoms with Crippen molar-refractivity contribution < 1.29 is 17.9 Å². The Morgan fingerprint density at radius 2 is 2.10 bits per heavy atom. The summed E-state index contributed by atoms with van der Waals surface area (Å²) in [5, 5.41) is 2.91. The molecule has 0 fully saturated rings. The van der Waals surface area contributed by atoms with Crippen LogP contribution in [0.4, 0.5) is 0 Å². The molecule has 1 amide bonds. The van der Waals surface area contributed by atoms with E-state index in [2.05, 4.69) is 5.32 Å². The molecule has 0 spiro atoms. The van der Waals surface area contributed by atoms with Crippen LogP contribution in [0.3, 0.4) is 0 Å². The van der Waals surface area contributed by atoms with E-state index in [0.29, 0.717) is 17.9 Å². The fraction of sp³-hybridized carbons (Fsp3) is 0.500. The van der Waals surface area contributed by atoms with Crippen LogP contribution in [0.25, 0.3) is 0 Å². The molecule has 7 heteroatoms. The largest absolute Gasteiger partial charge is 0.491 e. The molecule has 116 valence electrons. The van der Waals surface area contributed by atoms with Crippen LogP contribution in [0, 0.1) is 5.92 Å². The van der Waals surface area contributed by atoms with Crippen LogP contribution in [0.2, 0.25) is 0 Å². The van der Waals surface area contributed by atoms with Crippen molar-refractivity contribution in [3.05, 3.63) is 23.8 Å². The molecule has 1 N–H and O–H groups in total. The third kappa shape index (κ3) is 3.49. The first-order chi connectivity index (χ1) is 9.86. The zero-order chi connectivity index (χ0) is 15.6. The van der Waals surface area contributed by atoms with Crippen LogP contribution in [0.1, 0.15) is 38.3 Å². The summed E-state index contributed by atoms with van der Waals surface area (Å²) < 4.78 is 28.3. The quantitative estimate of drug-likeness (QED) is 0.842. The predicted octanol–water partition coefficient (Wildman–Crippen LogP) is 2.60. The summed E-state index contributed by atoms with van der Waals surface area (Å²) in [6.45, 7) is 4.23. The summed E-state index contributed by atoms with van der Waals surface area (Å²) in [5.41, 5.74) is 0.649. The summed E-state index contributed by atoms with van der Waals surface area (Å²) in [7, 11) is 1.56. The molecule has 1 aliphatic heterocycles. The number of ether oxygens (including phenoxy) is 1. The van der Waals surface area contributed by atoms with E-state index < -0.39 is 9.05 Å². The van der Waals surface area contributed by atoms with Gasteiger partial charge in [-0.25, -0.2) is 8.42 Å². The first-order valence-corrected chi connectivity index (χ1v) is 9.19. The van der Waals surface area contributed by atoms with Crippen molar-refractivity contribution >= 4 is 25.6 Å². The fourth-order valence-corrected chi connectivity index (χ4v) is 3.20. The summed E-state index contributed by atoms with van der Waals surface area (Å²) >= 11 is 0. The highest BCUT2D eigenvalue weighted by Crippen LogP contribution is 2.35. The molecular formula is C14H18ClNO4S. The highest BCUT2D eigenvalue weighted by Gasteiger charge is 2.29. The average molecular weight is 332 g/mol. The number of hydrogen-bond donors (Lipinski definition) is 1. The van der Waals surface area contributed by atoms with Crippen molar-refractivity contribution in [2.24, 2.45) is 5.92 Å². The number of hydrogen-bond acceptors (Lipinski definition) is 4. The molecule has 0 saturated carbocycles. The lowest BCUT2D eigenvalue weighted by Crippen LogP contribution is -2.34. The van der Waals surface area contributed by atoms with E-state index in [0.717, 1.165) is 12.8 Å². The van der Waals surface area contributed by atoms with Crippen molar-refractivity contribution in [3.63, 3.8) is 0 Å². The Morgan fingerprint density at radius 1 is 1.43 bits per heavy atom. The lowest BCUT2D eigenvalue weighted by Gasteiger charge is -2.17. The van der Waals surface area contributed by atoms with Crippen molar-refractivity contribution in [2.75, 3.05) is 6.61 Å². The molecule has 1 aromatic carbocycles. The molecule has 1 unspecified atom stereocenters. The first kappa shape index (κ1) is 16.1. The molecule has 5 nitrogen and oxygen atoms in total. The monoisotopic (exact) mass is 331 g/mol. The Balaban J connectivity index is 2.23. The molecule has 0 saturated heterocycles. The van der Waals surface area contributed by atoms with Crippen LogP contribution in [0.15, 0.2) is 23.1 Å². The minimum atomic E-state index is -3.80. The molecule has 21 heavy (non-hydrogen) atoms. The van der Waals surface area contributed by atoms with Gasteiger partial charge in [0, 0.05) is 22.2 Å². The van der Waals surface area contributed by atoms with Gasteiger partial charge in [0.1, 0.15) is 12.4 Å². The number of amides is 1. The van der Waals surface area contributed by atoms with Gasteiger partial charge in [-0.15, -0.1) is 0 Å². The van der Waals surface area contributed by atoms with E-state index in [1.165, 1.54) is 12.1 Å². The second kappa shape index (κ2) is 6.23. The molecule has 0 aromatic heterocycles. The van der Waals surface area contributed by atoms with Gasteiger partial charge in [-0.3, -0.25) is 4.79 Å². The van der Waals surface area contributed by atoms with Crippen LogP contribution in [0.5, 0.6) is 5.75 Å². The molecule has 0 radical (unpaired) electrons. The van der Waals surface area contributed by atoms with E-state index in [1.54, 1.807) is 6.07 Å². The molecular weight excluding hydrogens is 314 g/mol. The van der Waals surface area contributed by atoms with Crippen LogP contribution >= 0.6 is 10.7 Å². The highest BCUT2D eigenvalue weighted by atomic mass is 35.7. The summed E-state index contributed by atoms with van der Waals surface area (Å²) in [5.74, 6) is 0.489. The van der Waals surface area contributed by atoms with Crippen molar-refractivity contribution in [1.29, 1.82) is 0 Å². The fourth-order valence-electron chi connectivity index (χ4n) is 2.41. The summed E-state index contributed by atoms with van der Waals surface area (Å²) in [6.07, 6.45) is 1.53. The molecule has 1 heterocycles. The Morgan fingerprint density at radius 3 is 2.67 bits per heavy atom. The maximum atomic E-state index is 12.1. The van der Waals surface area contributed by atoms with Gasteiger partial charge in [-0.05, 0) is 31.0 Å². The molecule has 1 aliphatic rings. The average Bonchev–Trinajstić information content (AvgIpc) is 2.82. The van der Waals surface area contributed by atoms with Gasteiger partial charge >= 0.3 is 0 Å². The van der Waals surface area contributed by atoms with Crippen LogP contribution in [-0.4, -0.2) is 20.9 Å². The zero-order valence-corrected chi connectivity index (χ0v) is 13.5. The van der Waals surface area contributed by atoms with Crippen LogP contribution < -0.4 is 10.1 Å². The van der Waals surface area contributed by atoms with Gasteiger partial charge in [-0.2, -0.15) is 0 Å². The molecule has 0 bridgehead atoms. The highest BCUT2D eigenvalue weighted by molar-refractivity contribution is 8.13. The number of rotatable bonds is 5.